The highest BCUT2D eigenvalue weighted by molar-refractivity contribution is 7.13. The average molecular weight is 689 g/mol. The number of hydrogen-bond acceptors (Lipinski definition) is 9. The van der Waals surface area contributed by atoms with Crippen LogP contribution in [0.5, 0.6) is 0 Å². The number of nitrogens with one attached hydrogen (secondary N) is 3. The fraction of sp³-hybridized carbons (Fsp3) is 0.485. The number of ketones is 1. The van der Waals surface area contributed by atoms with E-state index in [4.69, 9.17) is 4.74 Å². The van der Waals surface area contributed by atoms with Crippen molar-refractivity contribution in [1.29, 1.82) is 0 Å². The van der Waals surface area contributed by atoms with Gasteiger partial charge < -0.3 is 15.4 Å². The van der Waals surface area contributed by atoms with Crippen molar-refractivity contribution in [3.05, 3.63) is 47.4 Å². The molecule has 3 amide bonds. The number of rotatable bonds is 11. The number of anilines is 1. The summed E-state index contributed by atoms with van der Waals surface area (Å²) in [5.74, 6) is -1.92. The zero-order chi connectivity index (χ0) is 35.1. The first-order valence-electron chi connectivity index (χ1n) is 15.7. The molecule has 0 unspecified atom stereocenters. The van der Waals surface area contributed by atoms with E-state index in [1.165, 1.54) is 30.7 Å². The van der Waals surface area contributed by atoms with Crippen LogP contribution in [0.1, 0.15) is 82.3 Å². The van der Waals surface area contributed by atoms with Crippen molar-refractivity contribution in [2.45, 2.75) is 78.0 Å². The van der Waals surface area contributed by atoms with Crippen molar-refractivity contribution in [3.63, 3.8) is 0 Å². The van der Waals surface area contributed by atoms with Crippen LogP contribution >= 0.6 is 11.3 Å². The Morgan fingerprint density at radius 1 is 1.00 bits per heavy atom. The maximum atomic E-state index is 13.4. The highest BCUT2D eigenvalue weighted by Gasteiger charge is 2.35. The van der Waals surface area contributed by atoms with E-state index in [-0.39, 0.29) is 40.8 Å². The Balaban J connectivity index is 1.56. The molecule has 258 valence electrons. The molecular formula is C33H39F3N6O5S. The Hall–Kier alpha value is -4.40. The average Bonchev–Trinajstić information content (AvgIpc) is 3.53. The van der Waals surface area contributed by atoms with Crippen molar-refractivity contribution in [2.75, 3.05) is 18.4 Å². The Labute approximate surface area is 280 Å². The molecule has 3 aromatic rings. The molecular weight excluding hydrogens is 649 g/mol. The second-order valence-corrected chi connectivity index (χ2v) is 13.4. The van der Waals surface area contributed by atoms with Crippen LogP contribution in [0.2, 0.25) is 0 Å². The molecule has 1 aliphatic carbocycles. The number of carbonyl (C=O) groups excluding carboxylic acids is 4. The van der Waals surface area contributed by atoms with Crippen molar-refractivity contribution in [1.82, 2.24) is 25.6 Å². The summed E-state index contributed by atoms with van der Waals surface area (Å²) in [5.41, 5.74) is -0.725. The van der Waals surface area contributed by atoms with Gasteiger partial charge in [0.1, 0.15) is 16.4 Å². The summed E-state index contributed by atoms with van der Waals surface area (Å²) >= 11 is 0.764. The minimum atomic E-state index is -4.66. The van der Waals surface area contributed by atoms with E-state index < -0.39 is 47.1 Å². The number of hydrogen-bond donors (Lipinski definition) is 3. The van der Waals surface area contributed by atoms with Crippen molar-refractivity contribution >= 4 is 40.8 Å². The van der Waals surface area contributed by atoms with Crippen LogP contribution in [0.15, 0.2) is 36.1 Å². The molecule has 11 nitrogen and oxygen atoms in total. The third kappa shape index (κ3) is 10.1. The molecule has 0 spiro atoms. The van der Waals surface area contributed by atoms with Gasteiger partial charge in [-0.1, -0.05) is 19.3 Å². The van der Waals surface area contributed by atoms with Crippen LogP contribution in [-0.4, -0.2) is 57.3 Å². The van der Waals surface area contributed by atoms with Gasteiger partial charge in [0.25, 0.3) is 0 Å². The molecule has 1 aliphatic rings. The number of alkyl halides is 3. The van der Waals surface area contributed by atoms with E-state index in [1.807, 2.05) is 0 Å². The summed E-state index contributed by atoms with van der Waals surface area (Å²) in [6, 6.07) is 2.34. The van der Waals surface area contributed by atoms with Gasteiger partial charge in [-0.3, -0.25) is 24.7 Å². The topological polar surface area (TPSA) is 152 Å². The quantitative estimate of drug-likeness (QED) is 0.150. The molecule has 48 heavy (non-hydrogen) atoms. The Bertz CT molecular complexity index is 1630. The number of Topliss-reactive ketones (excluding diaryl/α,β-unsaturated/α-hetero) is 1. The molecule has 15 heteroatoms. The monoisotopic (exact) mass is 688 g/mol. The summed E-state index contributed by atoms with van der Waals surface area (Å²) in [4.78, 5) is 63.6. The number of aromatic nitrogens is 3. The number of esters is 1. The third-order valence-corrected chi connectivity index (χ3v) is 8.54. The number of carbonyl (C=O) groups is 4. The first kappa shape index (κ1) is 36.4. The second kappa shape index (κ2) is 15.7. The maximum absolute atomic E-state index is 13.4. The third-order valence-electron chi connectivity index (χ3n) is 7.66. The number of pyridine rings is 2. The van der Waals surface area contributed by atoms with Gasteiger partial charge in [0.15, 0.2) is 11.5 Å². The number of urea groups is 1. The van der Waals surface area contributed by atoms with Crippen molar-refractivity contribution in [2.24, 2.45) is 11.8 Å². The normalized spacial score (nSPS) is 14.6. The van der Waals surface area contributed by atoms with Crippen LogP contribution in [-0.2, 0) is 20.5 Å². The first-order valence-corrected chi connectivity index (χ1v) is 16.6. The minimum Gasteiger partial charge on any atom is -0.460 e. The van der Waals surface area contributed by atoms with Gasteiger partial charge in [-0.25, -0.2) is 14.8 Å². The molecule has 0 bridgehead atoms. The standard InChI is InChI=1S/C33H39F3N6O5S/c1-5-38-31(46)42-27-12-23(30-41-26(18-48-30)33(34,35)36)24(16-39-27)20-11-21(15-37-14-20)25(43)17-40-29(45)22(19-9-7-6-8-10-19)13-28(44)47-32(2,3)4/h11-12,14-16,18-19,22H,5-10,13,17H2,1-4H3,(H,40,45)(H2,38,39,42,46)/t22-/m0/s1. The number of ether oxygens (including phenoxy) is 1. The SMILES string of the molecule is CCNC(=O)Nc1cc(-c2nc(C(F)(F)F)cs2)c(-c2cncc(C(=O)CNC(=O)[C@@H](CC(=O)OC(C)(C)C)C3CCCCC3)c2)cn1. The Morgan fingerprint density at radius 3 is 2.38 bits per heavy atom. The van der Waals surface area contributed by atoms with Crippen LogP contribution in [0, 0.1) is 11.8 Å². The molecule has 4 rings (SSSR count). The number of thiazole rings is 1. The summed E-state index contributed by atoms with van der Waals surface area (Å²) in [6.07, 6.45) is 3.93. The van der Waals surface area contributed by atoms with E-state index >= 15 is 0 Å². The second-order valence-electron chi connectivity index (χ2n) is 12.5. The van der Waals surface area contributed by atoms with Gasteiger partial charge in [0, 0.05) is 52.8 Å². The van der Waals surface area contributed by atoms with Crippen LogP contribution < -0.4 is 16.0 Å². The van der Waals surface area contributed by atoms with E-state index in [0.717, 1.165) is 48.8 Å². The molecule has 1 saturated carbocycles. The van der Waals surface area contributed by atoms with Gasteiger partial charge in [0.05, 0.1) is 18.9 Å². The Kier molecular flexibility index (Phi) is 11.9. The molecule has 3 heterocycles. The summed E-state index contributed by atoms with van der Waals surface area (Å²) in [7, 11) is 0. The number of halogens is 3. The van der Waals surface area contributed by atoms with Crippen molar-refractivity contribution in [3.8, 4) is 21.7 Å². The van der Waals surface area contributed by atoms with Gasteiger partial charge in [-0.15, -0.1) is 11.3 Å². The first-order chi connectivity index (χ1) is 22.6. The van der Waals surface area contributed by atoms with E-state index in [9.17, 15) is 32.3 Å². The molecule has 1 atom stereocenters. The lowest BCUT2D eigenvalue weighted by Crippen LogP contribution is -2.40. The summed E-state index contributed by atoms with van der Waals surface area (Å²) in [5, 5.41) is 8.69. The van der Waals surface area contributed by atoms with Crippen LogP contribution in [0.3, 0.4) is 0 Å². The zero-order valence-corrected chi connectivity index (χ0v) is 28.0. The maximum Gasteiger partial charge on any atom is 0.434 e. The molecule has 0 aliphatic heterocycles. The minimum absolute atomic E-state index is 0.00785. The van der Waals surface area contributed by atoms with E-state index in [2.05, 4.69) is 30.9 Å². The smallest absolute Gasteiger partial charge is 0.434 e. The predicted octanol–water partition coefficient (Wildman–Crippen LogP) is 6.65. The molecule has 0 saturated heterocycles. The van der Waals surface area contributed by atoms with E-state index in [1.54, 1.807) is 27.7 Å². The number of amides is 3. The fourth-order valence-corrected chi connectivity index (χ4v) is 6.35. The van der Waals surface area contributed by atoms with Crippen molar-refractivity contribution < 1.29 is 37.1 Å². The predicted molar refractivity (Wildman–Crippen MR) is 174 cm³/mol. The highest BCUT2D eigenvalue weighted by Crippen LogP contribution is 2.38. The van der Waals surface area contributed by atoms with Gasteiger partial charge in [-0.2, -0.15) is 13.2 Å². The molecule has 0 radical (unpaired) electrons. The van der Waals surface area contributed by atoms with Gasteiger partial charge >= 0.3 is 18.2 Å². The Morgan fingerprint density at radius 2 is 1.73 bits per heavy atom. The summed E-state index contributed by atoms with van der Waals surface area (Å²) < 4.78 is 45.7. The lowest BCUT2D eigenvalue weighted by molar-refractivity contribution is -0.158. The molecule has 3 aromatic heterocycles. The van der Waals surface area contributed by atoms with Crippen LogP contribution in [0.25, 0.3) is 21.7 Å². The lowest BCUT2D eigenvalue weighted by atomic mass is 9.78. The molecule has 3 N–H and O–H groups in total. The molecule has 0 aromatic carbocycles. The van der Waals surface area contributed by atoms with E-state index in [0.29, 0.717) is 17.7 Å². The number of nitrogens with zero attached hydrogens (tertiary/aromatic N) is 3. The lowest BCUT2D eigenvalue weighted by Gasteiger charge is -2.30. The largest absolute Gasteiger partial charge is 0.460 e. The fourth-order valence-electron chi connectivity index (χ4n) is 5.49. The van der Waals surface area contributed by atoms with Gasteiger partial charge in [0.2, 0.25) is 5.91 Å². The van der Waals surface area contributed by atoms with Gasteiger partial charge in [-0.05, 0) is 58.6 Å². The molecule has 1 fully saturated rings. The van der Waals surface area contributed by atoms with Crippen LogP contribution in [0.4, 0.5) is 23.8 Å². The zero-order valence-electron chi connectivity index (χ0n) is 27.2. The highest BCUT2D eigenvalue weighted by atomic mass is 32.1. The summed E-state index contributed by atoms with van der Waals surface area (Å²) in [6.45, 7) is 6.98.